The third-order valence-electron chi connectivity index (χ3n) is 1.51. The van der Waals surface area contributed by atoms with Crippen LogP contribution in [0.5, 0.6) is 0 Å². The number of allylic oxidation sites excluding steroid dienone is 2. The Morgan fingerprint density at radius 3 is 2.33 bits per heavy atom. The van der Waals surface area contributed by atoms with E-state index in [1.165, 1.54) is 12.2 Å². The van der Waals surface area contributed by atoms with Gasteiger partial charge in [-0.15, -0.1) is 0 Å². The monoisotopic (exact) mass is 165 g/mol. The summed E-state index contributed by atoms with van der Waals surface area (Å²) in [6.07, 6.45) is 2.69. The Balaban J connectivity index is 3.16. The van der Waals surface area contributed by atoms with E-state index in [0.29, 0.717) is 0 Å². The summed E-state index contributed by atoms with van der Waals surface area (Å²) in [6, 6.07) is 0. The maximum absolute atomic E-state index is 11.0. The summed E-state index contributed by atoms with van der Waals surface area (Å²) in [4.78, 5) is 32.3. The molecule has 0 aromatic heterocycles. The van der Waals surface area contributed by atoms with E-state index in [2.05, 4.69) is 0 Å². The van der Waals surface area contributed by atoms with Crippen LogP contribution in [-0.2, 0) is 0 Å². The molecule has 1 aromatic rings. The largest absolute Gasteiger partial charge is 0.395 e. The number of hydrogen-bond donors (Lipinski definition) is 1. The van der Waals surface area contributed by atoms with Crippen molar-refractivity contribution in [3.63, 3.8) is 0 Å². The van der Waals surface area contributed by atoms with Crippen molar-refractivity contribution in [1.82, 2.24) is 0 Å². The van der Waals surface area contributed by atoms with Crippen molar-refractivity contribution in [3.8, 4) is 0 Å². The zero-order valence-corrected chi connectivity index (χ0v) is 6.46. The molecule has 4 heteroatoms. The minimum Gasteiger partial charge on any atom is -0.395 e. The molecular formula is C8H7NO3. The smallest absolute Gasteiger partial charge is 0.250 e. The van der Waals surface area contributed by atoms with Crippen LogP contribution in [0.15, 0.2) is 21.7 Å². The molecule has 4 nitrogen and oxygen atoms in total. The van der Waals surface area contributed by atoms with Crippen LogP contribution in [0, 0.1) is 0 Å². The van der Waals surface area contributed by atoms with Gasteiger partial charge in [-0.25, -0.2) is 0 Å². The van der Waals surface area contributed by atoms with Gasteiger partial charge in [0.05, 0.1) is 5.69 Å². The van der Waals surface area contributed by atoms with Gasteiger partial charge in [0.2, 0.25) is 10.9 Å². The molecule has 0 radical (unpaired) electrons. The van der Waals surface area contributed by atoms with Crippen molar-refractivity contribution in [2.24, 2.45) is 0 Å². The van der Waals surface area contributed by atoms with E-state index in [9.17, 15) is 14.4 Å². The molecule has 0 aliphatic heterocycles. The topological polar surface area (TPSA) is 77.2 Å². The van der Waals surface area contributed by atoms with Gasteiger partial charge in [-0.05, 0) is 13.0 Å². The van der Waals surface area contributed by atoms with Crippen molar-refractivity contribution in [3.05, 3.63) is 38.2 Å². The SMILES string of the molecule is C/C=C/C(=O)c1c(N)c(=O)c1=O. The fraction of sp³-hybridized carbons (Fsp3) is 0.125. The normalized spacial score (nSPS) is 11.1. The standard InChI is InChI=1S/C8H7NO3/c1-2-3-4(10)5-6(9)8(12)7(5)11/h2-3H,9H2,1H3/b3-2+. The molecule has 0 aliphatic carbocycles. The molecular weight excluding hydrogens is 158 g/mol. The van der Waals surface area contributed by atoms with Crippen molar-refractivity contribution >= 4 is 11.5 Å². The lowest BCUT2D eigenvalue weighted by Gasteiger charge is -2.00. The summed E-state index contributed by atoms with van der Waals surface area (Å²) in [6.45, 7) is 1.64. The first-order valence-corrected chi connectivity index (χ1v) is 3.35. The summed E-state index contributed by atoms with van der Waals surface area (Å²) in [5.74, 6) is -0.500. The molecule has 0 saturated heterocycles. The van der Waals surface area contributed by atoms with Gasteiger partial charge < -0.3 is 5.73 Å². The van der Waals surface area contributed by atoms with E-state index in [-0.39, 0.29) is 11.3 Å². The third kappa shape index (κ3) is 0.972. The minimum absolute atomic E-state index is 0.182. The highest BCUT2D eigenvalue weighted by molar-refractivity contribution is 6.09. The number of hydrogen-bond acceptors (Lipinski definition) is 4. The summed E-state index contributed by atoms with van der Waals surface area (Å²) in [5.41, 5.74) is 3.20. The number of rotatable bonds is 2. The fourth-order valence-electron chi connectivity index (χ4n) is 0.889. The Morgan fingerprint density at radius 2 is 1.92 bits per heavy atom. The van der Waals surface area contributed by atoms with Crippen LogP contribution < -0.4 is 16.6 Å². The first-order chi connectivity index (χ1) is 5.59. The van der Waals surface area contributed by atoms with Crippen LogP contribution >= 0.6 is 0 Å². The predicted octanol–water partition coefficient (Wildman–Crippen LogP) is -0.376. The van der Waals surface area contributed by atoms with Gasteiger partial charge in [0.15, 0.2) is 5.78 Å². The lowest BCUT2D eigenvalue weighted by Crippen LogP contribution is -2.40. The Labute approximate surface area is 68.0 Å². The lowest BCUT2D eigenvalue weighted by molar-refractivity contribution is 0.104. The molecule has 0 spiro atoms. The highest BCUT2D eigenvalue weighted by Crippen LogP contribution is 2.03. The van der Waals surface area contributed by atoms with Crippen LogP contribution in [0.25, 0.3) is 0 Å². The van der Waals surface area contributed by atoms with E-state index in [0.717, 1.165) is 0 Å². The van der Waals surface area contributed by atoms with Crippen molar-refractivity contribution < 1.29 is 4.79 Å². The number of ketones is 1. The van der Waals surface area contributed by atoms with Gasteiger partial charge >= 0.3 is 0 Å². The summed E-state index contributed by atoms with van der Waals surface area (Å²) in [7, 11) is 0. The molecule has 0 amide bonds. The van der Waals surface area contributed by atoms with Gasteiger partial charge in [-0.1, -0.05) is 6.08 Å². The van der Waals surface area contributed by atoms with Crippen molar-refractivity contribution in [2.75, 3.05) is 5.73 Å². The van der Waals surface area contributed by atoms with Crippen molar-refractivity contribution in [1.29, 1.82) is 0 Å². The second-order valence-corrected chi connectivity index (χ2v) is 2.31. The quantitative estimate of drug-likeness (QED) is 0.368. The van der Waals surface area contributed by atoms with E-state index < -0.39 is 16.6 Å². The van der Waals surface area contributed by atoms with Crippen LogP contribution in [0.1, 0.15) is 17.3 Å². The Morgan fingerprint density at radius 1 is 1.33 bits per heavy atom. The molecule has 1 aromatic carbocycles. The van der Waals surface area contributed by atoms with Gasteiger partial charge in [0.1, 0.15) is 5.56 Å². The van der Waals surface area contributed by atoms with Crippen LogP contribution in [-0.4, -0.2) is 5.78 Å². The van der Waals surface area contributed by atoms with E-state index >= 15 is 0 Å². The van der Waals surface area contributed by atoms with Gasteiger partial charge in [0, 0.05) is 0 Å². The zero-order valence-electron chi connectivity index (χ0n) is 6.46. The maximum Gasteiger partial charge on any atom is 0.250 e. The molecule has 0 aliphatic rings. The second-order valence-electron chi connectivity index (χ2n) is 2.31. The Kier molecular flexibility index (Phi) is 1.91. The number of nitrogens with two attached hydrogens (primary N) is 1. The van der Waals surface area contributed by atoms with Gasteiger partial charge in [0.25, 0.3) is 0 Å². The average Bonchev–Trinajstić information content (AvgIpc) is 2.05. The Hall–Kier alpha value is -1.71. The Bertz CT molecular complexity index is 421. The molecule has 1 rings (SSSR count). The molecule has 0 heterocycles. The molecule has 0 saturated carbocycles. The van der Waals surface area contributed by atoms with Gasteiger partial charge in [-0.3, -0.25) is 14.4 Å². The zero-order chi connectivity index (χ0) is 9.30. The third-order valence-corrected chi connectivity index (χ3v) is 1.51. The van der Waals surface area contributed by atoms with Crippen LogP contribution in [0.4, 0.5) is 5.69 Å². The second kappa shape index (κ2) is 2.73. The molecule has 0 unspecified atom stereocenters. The predicted molar refractivity (Wildman–Crippen MR) is 44.9 cm³/mol. The van der Waals surface area contributed by atoms with Crippen LogP contribution in [0.3, 0.4) is 0 Å². The summed E-state index contributed by atoms with van der Waals surface area (Å²) >= 11 is 0. The first-order valence-electron chi connectivity index (χ1n) is 3.35. The van der Waals surface area contributed by atoms with Crippen molar-refractivity contribution in [2.45, 2.75) is 6.92 Å². The molecule has 0 fully saturated rings. The first kappa shape index (κ1) is 8.39. The lowest BCUT2D eigenvalue weighted by atomic mass is 10.0. The maximum atomic E-state index is 11.0. The number of nitrogen functional groups attached to an aromatic ring is 1. The summed E-state index contributed by atoms with van der Waals surface area (Å²) < 4.78 is 0. The molecule has 12 heavy (non-hydrogen) atoms. The van der Waals surface area contributed by atoms with E-state index in [1.54, 1.807) is 6.92 Å². The number of carbonyl (C=O) groups is 1. The average molecular weight is 165 g/mol. The number of carbonyl (C=O) groups excluding carboxylic acids is 1. The van der Waals surface area contributed by atoms with E-state index in [4.69, 9.17) is 5.73 Å². The minimum atomic E-state index is -0.782. The molecule has 0 bridgehead atoms. The van der Waals surface area contributed by atoms with E-state index in [1.807, 2.05) is 0 Å². The summed E-state index contributed by atoms with van der Waals surface area (Å²) in [5, 5.41) is 0. The fourth-order valence-corrected chi connectivity index (χ4v) is 0.889. The molecule has 2 N–H and O–H groups in total. The molecule has 0 atom stereocenters. The molecule has 62 valence electrons. The highest BCUT2D eigenvalue weighted by Gasteiger charge is 2.22. The van der Waals surface area contributed by atoms with Crippen LogP contribution in [0.2, 0.25) is 0 Å². The highest BCUT2D eigenvalue weighted by atomic mass is 16.2. The number of anilines is 1. The van der Waals surface area contributed by atoms with Gasteiger partial charge in [-0.2, -0.15) is 0 Å².